The molecular weight excluding hydrogens is 349 g/mol. The molecule has 10 heteroatoms. The highest BCUT2D eigenvalue weighted by molar-refractivity contribution is 5.76. The van der Waals surface area contributed by atoms with E-state index in [1.54, 1.807) is 0 Å². The number of aromatic nitrogens is 2. The smallest absolute Gasteiger partial charge is 0.352 e. The van der Waals surface area contributed by atoms with Gasteiger partial charge in [-0.15, -0.1) is 0 Å². The van der Waals surface area contributed by atoms with Crippen LogP contribution in [-0.2, 0) is 17.5 Å². The molecule has 0 spiro atoms. The molecule has 0 bridgehead atoms. The number of carbonyl (C=O) groups excluding carboxylic acids is 1. The molecule has 2 aromatic rings. The molecule has 1 aromatic heterocycles. The number of hydrogen-bond acceptors (Lipinski definition) is 4. The van der Waals surface area contributed by atoms with Crippen LogP contribution in [0.1, 0.15) is 30.7 Å². The van der Waals surface area contributed by atoms with Gasteiger partial charge in [0.1, 0.15) is 0 Å². The van der Waals surface area contributed by atoms with Crippen LogP contribution in [0.4, 0.5) is 22.0 Å². The Morgan fingerprint density at radius 3 is 2.56 bits per heavy atom. The van der Waals surface area contributed by atoms with Crippen LogP contribution in [0, 0.1) is 17.6 Å². The molecule has 1 aliphatic carbocycles. The van der Waals surface area contributed by atoms with Crippen LogP contribution in [0.2, 0.25) is 0 Å². The first-order chi connectivity index (χ1) is 11.8. The number of halogens is 5. The van der Waals surface area contributed by atoms with E-state index in [9.17, 15) is 26.7 Å². The van der Waals surface area contributed by atoms with Gasteiger partial charge in [-0.05, 0) is 24.8 Å². The maximum absolute atomic E-state index is 14.1. The molecule has 1 aromatic carbocycles. The first-order valence-corrected chi connectivity index (χ1v) is 7.40. The highest BCUT2D eigenvalue weighted by Crippen LogP contribution is 2.32. The van der Waals surface area contributed by atoms with E-state index < -0.39 is 35.1 Å². The SMILES string of the molecule is O=C(CC1CC1)NCc1ccc(-c2noc(C(F)(F)F)n2)c(F)c1F. The normalized spacial score (nSPS) is 14.6. The van der Waals surface area contributed by atoms with Crippen LogP contribution in [-0.4, -0.2) is 16.0 Å². The first-order valence-electron chi connectivity index (χ1n) is 7.40. The Morgan fingerprint density at radius 2 is 1.96 bits per heavy atom. The number of amides is 1. The lowest BCUT2D eigenvalue weighted by Crippen LogP contribution is -2.23. The summed E-state index contributed by atoms with van der Waals surface area (Å²) in [5.74, 6) is -4.98. The molecule has 1 heterocycles. The summed E-state index contributed by atoms with van der Waals surface area (Å²) >= 11 is 0. The standard InChI is InChI=1S/C15H12F5N3O2/c16-11-8(6-21-10(24)5-7-1-2-7)3-4-9(12(11)17)13-22-14(25-23-13)15(18,19)20/h3-4,7H,1-2,5-6H2,(H,21,24). The number of alkyl halides is 3. The molecule has 0 radical (unpaired) electrons. The van der Waals surface area contributed by atoms with Gasteiger partial charge in [-0.2, -0.15) is 18.2 Å². The second kappa shape index (κ2) is 6.41. The molecule has 134 valence electrons. The zero-order valence-corrected chi connectivity index (χ0v) is 12.7. The number of nitrogens with zero attached hydrogens (tertiary/aromatic N) is 2. The molecule has 1 aliphatic rings. The van der Waals surface area contributed by atoms with Crippen molar-refractivity contribution >= 4 is 5.91 Å². The average Bonchev–Trinajstić information content (AvgIpc) is 3.19. The quantitative estimate of drug-likeness (QED) is 0.829. The minimum atomic E-state index is -4.88. The van der Waals surface area contributed by atoms with Crippen molar-refractivity contribution in [1.82, 2.24) is 15.5 Å². The molecule has 0 atom stereocenters. The van der Waals surface area contributed by atoms with Gasteiger partial charge in [-0.25, -0.2) is 8.78 Å². The van der Waals surface area contributed by atoms with Crippen LogP contribution in [0.15, 0.2) is 16.7 Å². The lowest BCUT2D eigenvalue weighted by molar-refractivity contribution is -0.159. The van der Waals surface area contributed by atoms with Gasteiger partial charge in [0.25, 0.3) is 0 Å². The number of carbonyl (C=O) groups is 1. The highest BCUT2D eigenvalue weighted by Gasteiger charge is 2.39. The maximum atomic E-state index is 14.1. The topological polar surface area (TPSA) is 68.0 Å². The highest BCUT2D eigenvalue weighted by atomic mass is 19.4. The van der Waals surface area contributed by atoms with E-state index in [0.29, 0.717) is 12.3 Å². The summed E-state index contributed by atoms with van der Waals surface area (Å²) in [6.07, 6.45) is -2.58. The number of nitrogens with one attached hydrogen (secondary N) is 1. The van der Waals surface area contributed by atoms with Gasteiger partial charge in [0.2, 0.25) is 11.7 Å². The van der Waals surface area contributed by atoms with Gasteiger partial charge < -0.3 is 9.84 Å². The summed E-state index contributed by atoms with van der Waals surface area (Å²) in [7, 11) is 0. The van der Waals surface area contributed by atoms with Crippen LogP contribution in [0.25, 0.3) is 11.4 Å². The summed E-state index contributed by atoms with van der Waals surface area (Å²) in [4.78, 5) is 14.6. The molecule has 1 amide bonds. The molecular formula is C15H12F5N3O2. The molecule has 0 saturated heterocycles. The summed E-state index contributed by atoms with van der Waals surface area (Å²) in [5, 5.41) is 5.49. The minimum Gasteiger partial charge on any atom is -0.352 e. The van der Waals surface area contributed by atoms with Crippen molar-refractivity contribution in [3.8, 4) is 11.4 Å². The van der Waals surface area contributed by atoms with Crippen molar-refractivity contribution in [2.45, 2.75) is 32.0 Å². The Morgan fingerprint density at radius 1 is 1.24 bits per heavy atom. The Hall–Kier alpha value is -2.52. The van der Waals surface area contributed by atoms with Gasteiger partial charge in [-0.3, -0.25) is 4.79 Å². The maximum Gasteiger partial charge on any atom is 0.471 e. The van der Waals surface area contributed by atoms with Crippen molar-refractivity contribution in [1.29, 1.82) is 0 Å². The van der Waals surface area contributed by atoms with Crippen LogP contribution in [0.5, 0.6) is 0 Å². The Bertz CT molecular complexity index is 799. The molecule has 1 saturated carbocycles. The summed E-state index contributed by atoms with van der Waals surface area (Å²) < 4.78 is 69.5. The molecule has 0 unspecified atom stereocenters. The van der Waals surface area contributed by atoms with Crippen LogP contribution in [0.3, 0.4) is 0 Å². The number of rotatable bonds is 5. The fraction of sp³-hybridized carbons (Fsp3) is 0.400. The predicted molar refractivity (Wildman–Crippen MR) is 73.8 cm³/mol. The largest absolute Gasteiger partial charge is 0.471 e. The van der Waals surface area contributed by atoms with Crippen molar-refractivity contribution in [3.05, 3.63) is 35.2 Å². The fourth-order valence-electron chi connectivity index (χ4n) is 2.20. The molecule has 5 nitrogen and oxygen atoms in total. The average molecular weight is 361 g/mol. The van der Waals surface area contributed by atoms with Crippen LogP contribution < -0.4 is 5.32 Å². The summed E-state index contributed by atoms with van der Waals surface area (Å²) in [6.45, 7) is -0.228. The first kappa shape index (κ1) is 17.3. The molecule has 1 N–H and O–H groups in total. The number of hydrogen-bond donors (Lipinski definition) is 1. The molecule has 0 aliphatic heterocycles. The minimum absolute atomic E-state index is 0.134. The van der Waals surface area contributed by atoms with E-state index >= 15 is 0 Å². The summed E-state index contributed by atoms with van der Waals surface area (Å²) in [6, 6.07) is 2.18. The molecule has 3 rings (SSSR count). The van der Waals surface area contributed by atoms with E-state index in [4.69, 9.17) is 0 Å². The number of benzene rings is 1. The van der Waals surface area contributed by atoms with Gasteiger partial charge in [0.05, 0.1) is 5.56 Å². The van der Waals surface area contributed by atoms with E-state index in [-0.39, 0.29) is 18.0 Å². The second-order valence-electron chi connectivity index (χ2n) is 5.75. The van der Waals surface area contributed by atoms with Crippen molar-refractivity contribution < 1.29 is 31.3 Å². The van der Waals surface area contributed by atoms with E-state index in [1.807, 2.05) is 0 Å². The van der Waals surface area contributed by atoms with Crippen molar-refractivity contribution in [3.63, 3.8) is 0 Å². The Labute approximate surface area is 138 Å². The lowest BCUT2D eigenvalue weighted by atomic mass is 10.1. The molecule has 25 heavy (non-hydrogen) atoms. The van der Waals surface area contributed by atoms with Crippen molar-refractivity contribution in [2.75, 3.05) is 0 Å². The monoisotopic (exact) mass is 361 g/mol. The van der Waals surface area contributed by atoms with Crippen molar-refractivity contribution in [2.24, 2.45) is 5.92 Å². The third-order valence-corrected chi connectivity index (χ3v) is 3.72. The van der Waals surface area contributed by atoms with E-state index in [1.165, 1.54) is 0 Å². The second-order valence-corrected chi connectivity index (χ2v) is 5.75. The van der Waals surface area contributed by atoms with Gasteiger partial charge in [0, 0.05) is 18.5 Å². The van der Waals surface area contributed by atoms with E-state index in [0.717, 1.165) is 25.0 Å². The third-order valence-electron chi connectivity index (χ3n) is 3.72. The Kier molecular flexibility index (Phi) is 4.44. The zero-order chi connectivity index (χ0) is 18.2. The fourth-order valence-corrected chi connectivity index (χ4v) is 2.20. The van der Waals surface area contributed by atoms with Gasteiger partial charge >= 0.3 is 12.1 Å². The zero-order valence-electron chi connectivity index (χ0n) is 12.7. The summed E-state index contributed by atoms with van der Waals surface area (Å²) in [5.41, 5.74) is -0.699. The van der Waals surface area contributed by atoms with E-state index in [2.05, 4.69) is 20.0 Å². The third kappa shape index (κ3) is 3.94. The van der Waals surface area contributed by atoms with Gasteiger partial charge in [0.15, 0.2) is 11.6 Å². The van der Waals surface area contributed by atoms with Crippen LogP contribution >= 0.6 is 0 Å². The predicted octanol–water partition coefficient (Wildman–Crippen LogP) is 3.45. The van der Waals surface area contributed by atoms with Gasteiger partial charge in [-0.1, -0.05) is 11.2 Å². The Balaban J connectivity index is 1.75. The molecule has 1 fully saturated rings. The lowest BCUT2D eigenvalue weighted by Gasteiger charge is -2.08.